The highest BCUT2D eigenvalue weighted by Crippen LogP contribution is 2.29. The second kappa shape index (κ2) is 6.79. The minimum atomic E-state index is -0.591. The van der Waals surface area contributed by atoms with Crippen LogP contribution in [0.15, 0.2) is 36.4 Å². The Kier molecular flexibility index (Phi) is 5.01. The van der Waals surface area contributed by atoms with Gasteiger partial charge in [-0.25, -0.2) is 0 Å². The summed E-state index contributed by atoms with van der Waals surface area (Å²) in [4.78, 5) is 23.1. The second-order valence-electron chi connectivity index (χ2n) is 5.57. The Balaban J connectivity index is 2.45. The predicted octanol–water partition coefficient (Wildman–Crippen LogP) is 4.93. The van der Waals surface area contributed by atoms with Gasteiger partial charge in [-0.2, -0.15) is 0 Å². The summed E-state index contributed by atoms with van der Waals surface area (Å²) in [6.07, 6.45) is 0. The fourth-order valence-corrected chi connectivity index (χ4v) is 2.54. The highest BCUT2D eigenvalue weighted by atomic mass is 35.5. The normalized spacial score (nSPS) is 10.7. The standard InChI is InChI=1S/C17H17ClN2O3/c1-10(2)13-6-4-5-11(3)16(13)19-17(21)14-9-12(18)7-8-15(14)20(22)23/h4-10H,1-3H3,(H,19,21). The molecule has 0 unspecified atom stereocenters. The van der Waals surface area contributed by atoms with E-state index in [1.807, 2.05) is 39.0 Å². The van der Waals surface area contributed by atoms with E-state index in [-0.39, 0.29) is 22.2 Å². The SMILES string of the molecule is Cc1cccc(C(C)C)c1NC(=O)c1cc(Cl)ccc1[N+](=O)[O-]. The smallest absolute Gasteiger partial charge is 0.282 e. The Hall–Kier alpha value is -2.40. The molecule has 0 radical (unpaired) electrons. The van der Waals surface area contributed by atoms with Crippen LogP contribution in [0.25, 0.3) is 0 Å². The van der Waals surface area contributed by atoms with Gasteiger partial charge in [-0.3, -0.25) is 14.9 Å². The molecular formula is C17H17ClN2O3. The van der Waals surface area contributed by atoms with Gasteiger partial charge < -0.3 is 5.32 Å². The summed E-state index contributed by atoms with van der Waals surface area (Å²) in [6, 6.07) is 9.67. The molecule has 2 aromatic rings. The number of anilines is 1. The van der Waals surface area contributed by atoms with Crippen LogP contribution in [0.5, 0.6) is 0 Å². The summed E-state index contributed by atoms with van der Waals surface area (Å²) in [5.41, 5.74) is 2.23. The molecule has 0 aliphatic heterocycles. The fraction of sp³-hybridized carbons (Fsp3) is 0.235. The first-order valence-corrected chi connectivity index (χ1v) is 7.54. The van der Waals surface area contributed by atoms with Gasteiger partial charge in [0.05, 0.1) is 4.92 Å². The third-order valence-electron chi connectivity index (χ3n) is 3.57. The Labute approximate surface area is 139 Å². The molecule has 23 heavy (non-hydrogen) atoms. The number of carbonyl (C=O) groups is 1. The fourth-order valence-electron chi connectivity index (χ4n) is 2.37. The van der Waals surface area contributed by atoms with Crippen molar-refractivity contribution in [3.63, 3.8) is 0 Å². The lowest BCUT2D eigenvalue weighted by Gasteiger charge is -2.16. The molecule has 0 atom stereocenters. The molecule has 0 fully saturated rings. The van der Waals surface area contributed by atoms with Crippen LogP contribution >= 0.6 is 11.6 Å². The van der Waals surface area contributed by atoms with Gasteiger partial charge in [0.15, 0.2) is 0 Å². The van der Waals surface area contributed by atoms with Crippen molar-refractivity contribution in [1.82, 2.24) is 0 Å². The molecule has 0 aliphatic rings. The minimum Gasteiger partial charge on any atom is -0.321 e. The molecule has 0 spiro atoms. The van der Waals surface area contributed by atoms with Gasteiger partial charge in [0.25, 0.3) is 11.6 Å². The number of para-hydroxylation sites is 1. The lowest BCUT2D eigenvalue weighted by Crippen LogP contribution is -2.16. The molecule has 0 saturated carbocycles. The summed E-state index contributed by atoms with van der Waals surface area (Å²) in [5.74, 6) is -0.338. The molecule has 1 N–H and O–H groups in total. The number of nitro groups is 1. The number of nitrogens with zero attached hydrogens (tertiary/aromatic N) is 1. The Morgan fingerprint density at radius 2 is 1.96 bits per heavy atom. The van der Waals surface area contributed by atoms with Crippen LogP contribution in [0.4, 0.5) is 11.4 Å². The Morgan fingerprint density at radius 1 is 1.26 bits per heavy atom. The number of amides is 1. The van der Waals surface area contributed by atoms with Crippen LogP contribution < -0.4 is 5.32 Å². The molecule has 120 valence electrons. The first-order chi connectivity index (χ1) is 10.8. The average molecular weight is 333 g/mol. The van der Waals surface area contributed by atoms with E-state index in [1.165, 1.54) is 18.2 Å². The van der Waals surface area contributed by atoms with Crippen LogP contribution in [-0.4, -0.2) is 10.8 Å². The molecular weight excluding hydrogens is 316 g/mol. The van der Waals surface area contributed by atoms with Gasteiger partial charge in [0.1, 0.15) is 5.56 Å². The molecule has 0 aliphatic carbocycles. The van der Waals surface area contributed by atoms with Crippen LogP contribution in [0, 0.1) is 17.0 Å². The summed E-state index contributed by atoms with van der Waals surface area (Å²) >= 11 is 5.88. The maximum Gasteiger partial charge on any atom is 0.282 e. The van der Waals surface area contributed by atoms with E-state index in [0.717, 1.165) is 11.1 Å². The number of aryl methyl sites for hydroxylation is 1. The maximum atomic E-state index is 12.5. The summed E-state index contributed by atoms with van der Waals surface area (Å²) in [6.45, 7) is 5.92. The van der Waals surface area contributed by atoms with Crippen molar-refractivity contribution in [1.29, 1.82) is 0 Å². The number of halogens is 1. The van der Waals surface area contributed by atoms with E-state index in [9.17, 15) is 14.9 Å². The quantitative estimate of drug-likeness (QED) is 0.637. The topological polar surface area (TPSA) is 72.2 Å². The lowest BCUT2D eigenvalue weighted by atomic mass is 9.98. The highest BCUT2D eigenvalue weighted by molar-refractivity contribution is 6.31. The Morgan fingerprint density at radius 3 is 2.57 bits per heavy atom. The molecule has 1 amide bonds. The van der Waals surface area contributed by atoms with Crippen LogP contribution in [0.2, 0.25) is 5.02 Å². The van der Waals surface area contributed by atoms with E-state index in [1.54, 1.807) is 0 Å². The number of hydrogen-bond donors (Lipinski definition) is 1. The third-order valence-corrected chi connectivity index (χ3v) is 3.80. The molecule has 0 heterocycles. The largest absolute Gasteiger partial charge is 0.321 e. The zero-order chi connectivity index (χ0) is 17.1. The van der Waals surface area contributed by atoms with Crippen molar-refractivity contribution < 1.29 is 9.72 Å². The zero-order valence-electron chi connectivity index (χ0n) is 13.1. The molecule has 0 aromatic heterocycles. The average Bonchev–Trinajstić information content (AvgIpc) is 2.48. The highest BCUT2D eigenvalue weighted by Gasteiger charge is 2.22. The van der Waals surface area contributed by atoms with E-state index >= 15 is 0 Å². The molecule has 0 bridgehead atoms. The van der Waals surface area contributed by atoms with E-state index in [0.29, 0.717) is 5.69 Å². The molecule has 2 rings (SSSR count). The zero-order valence-corrected chi connectivity index (χ0v) is 13.8. The van der Waals surface area contributed by atoms with Gasteiger partial charge >= 0.3 is 0 Å². The minimum absolute atomic E-state index is 0.0551. The number of benzene rings is 2. The maximum absolute atomic E-state index is 12.5. The first-order valence-electron chi connectivity index (χ1n) is 7.16. The van der Waals surface area contributed by atoms with E-state index in [4.69, 9.17) is 11.6 Å². The molecule has 0 saturated heterocycles. The molecule has 5 nitrogen and oxygen atoms in total. The summed E-state index contributed by atoms with van der Waals surface area (Å²) in [5, 5.41) is 14.2. The number of nitro benzene ring substituents is 1. The number of nitrogens with one attached hydrogen (secondary N) is 1. The van der Waals surface area contributed by atoms with Gasteiger partial charge in [0, 0.05) is 16.8 Å². The number of carbonyl (C=O) groups excluding carboxylic acids is 1. The number of rotatable bonds is 4. The molecule has 6 heteroatoms. The van der Waals surface area contributed by atoms with Gasteiger partial charge in [-0.15, -0.1) is 0 Å². The summed E-state index contributed by atoms with van der Waals surface area (Å²) in [7, 11) is 0. The van der Waals surface area contributed by atoms with Crippen molar-refractivity contribution in [3.8, 4) is 0 Å². The van der Waals surface area contributed by atoms with Crippen molar-refractivity contribution >= 4 is 28.9 Å². The Bertz CT molecular complexity index is 772. The number of hydrogen-bond acceptors (Lipinski definition) is 3. The van der Waals surface area contributed by atoms with Crippen molar-refractivity contribution in [3.05, 3.63) is 68.2 Å². The van der Waals surface area contributed by atoms with Crippen LogP contribution in [0.1, 0.15) is 41.3 Å². The van der Waals surface area contributed by atoms with Gasteiger partial charge in [-0.05, 0) is 36.1 Å². The summed E-state index contributed by atoms with van der Waals surface area (Å²) < 4.78 is 0. The van der Waals surface area contributed by atoms with E-state index in [2.05, 4.69) is 5.32 Å². The van der Waals surface area contributed by atoms with Gasteiger partial charge in [0.2, 0.25) is 0 Å². The van der Waals surface area contributed by atoms with Crippen molar-refractivity contribution in [2.24, 2.45) is 0 Å². The first kappa shape index (κ1) is 17.0. The molecule has 2 aromatic carbocycles. The van der Waals surface area contributed by atoms with Crippen LogP contribution in [0.3, 0.4) is 0 Å². The van der Waals surface area contributed by atoms with E-state index < -0.39 is 10.8 Å². The van der Waals surface area contributed by atoms with Crippen molar-refractivity contribution in [2.75, 3.05) is 5.32 Å². The third kappa shape index (κ3) is 3.68. The van der Waals surface area contributed by atoms with Crippen molar-refractivity contribution in [2.45, 2.75) is 26.7 Å². The second-order valence-corrected chi connectivity index (χ2v) is 6.00. The van der Waals surface area contributed by atoms with Crippen LogP contribution in [-0.2, 0) is 0 Å². The van der Waals surface area contributed by atoms with Gasteiger partial charge in [-0.1, -0.05) is 43.6 Å². The lowest BCUT2D eigenvalue weighted by molar-refractivity contribution is -0.385. The predicted molar refractivity (Wildman–Crippen MR) is 91.3 cm³/mol. The monoisotopic (exact) mass is 332 g/mol.